The molecular weight excluding hydrogens is 435 g/mol. The van der Waals surface area contributed by atoms with Crippen molar-refractivity contribution in [2.45, 2.75) is 51.2 Å². The summed E-state index contributed by atoms with van der Waals surface area (Å²) in [6.07, 6.45) is 5.24. The van der Waals surface area contributed by atoms with Crippen LogP contribution in [-0.4, -0.2) is 47.1 Å². The molecule has 2 heterocycles. The number of aromatic amines is 1. The fourth-order valence-corrected chi connectivity index (χ4v) is 2.69. The zero-order valence-corrected chi connectivity index (χ0v) is 23.7. The number of rotatable bonds is 4. The van der Waals surface area contributed by atoms with E-state index in [1.165, 1.54) is 7.05 Å². The standard InChI is InChI=1S/C11H18N4O2.C6H6S.C4H8.C2H6.K/c1-13-11(17)10-9(12)7(4-14-10)5-15-3-2-8(16)6-15;7-6-4-2-1-3-5-6;1-3-4-2;1-2;/h4,8,16H,2-3,5-6H2,1H3,(H4,12,13,14,17);1-5,7H;3H,1,4H2,2H3;1-2H3;/q;;;;+1/p-1/t8-;;;;/m0..../s1. The number of aromatic nitrogens is 1. The molecule has 1 aliphatic heterocycles. The van der Waals surface area contributed by atoms with Crippen molar-refractivity contribution in [3.63, 3.8) is 0 Å². The van der Waals surface area contributed by atoms with E-state index < -0.39 is 0 Å². The van der Waals surface area contributed by atoms with Gasteiger partial charge in [-0.25, -0.2) is 0 Å². The number of hydrogen-bond donors (Lipinski definition) is 4. The van der Waals surface area contributed by atoms with Gasteiger partial charge < -0.3 is 25.9 Å². The molecule has 1 fully saturated rings. The summed E-state index contributed by atoms with van der Waals surface area (Å²) in [6, 6.07) is 9.79. The number of nitrogen functional groups attached to an aromatic ring is 1. The third-order valence-corrected chi connectivity index (χ3v) is 4.41. The maximum absolute atomic E-state index is 11.4. The van der Waals surface area contributed by atoms with Crippen molar-refractivity contribution in [1.29, 1.82) is 0 Å². The number of benzene rings is 1. The van der Waals surface area contributed by atoms with Crippen molar-refractivity contribution in [3.05, 3.63) is 65.8 Å². The zero-order chi connectivity index (χ0) is 22.9. The largest absolute Gasteiger partial charge is 1.00 e. The number of allylic oxidation sites excluding steroid dienone is 1. The second-order valence-electron chi connectivity index (χ2n) is 6.34. The van der Waals surface area contributed by atoms with Crippen molar-refractivity contribution in [1.82, 2.24) is 9.88 Å². The number of nitrogens with one attached hydrogen (secondary N) is 1. The summed E-state index contributed by atoms with van der Waals surface area (Å²) in [5.74, 6) is -0.338. The van der Waals surface area contributed by atoms with Crippen molar-refractivity contribution in [2.24, 2.45) is 0 Å². The monoisotopic (exact) mass is 472 g/mol. The van der Waals surface area contributed by atoms with Crippen LogP contribution in [0.15, 0.2) is 54.1 Å². The number of nitrogens with two attached hydrogens (primary N) is 1. The van der Waals surface area contributed by atoms with E-state index in [0.717, 1.165) is 29.8 Å². The first kappa shape index (κ1) is 32.6. The predicted octanol–water partition coefficient (Wildman–Crippen LogP) is 1.90. The van der Waals surface area contributed by atoms with Crippen LogP contribution in [-0.2, 0) is 6.54 Å². The quantitative estimate of drug-likeness (QED) is 0.310. The van der Waals surface area contributed by atoms with Gasteiger partial charge in [0.25, 0.3) is 0 Å². The van der Waals surface area contributed by atoms with Crippen LogP contribution in [0.4, 0.5) is 5.69 Å². The summed E-state index contributed by atoms with van der Waals surface area (Å²) in [4.78, 5) is 17.4. The Hall–Kier alpha value is -0.584. The number of hydrogen-bond acceptors (Lipinski definition) is 5. The predicted molar refractivity (Wildman–Crippen MR) is 130 cm³/mol. The Bertz CT molecular complexity index is 726. The molecule has 0 bridgehead atoms. The summed E-state index contributed by atoms with van der Waals surface area (Å²) >= 11 is 4.08. The van der Waals surface area contributed by atoms with Gasteiger partial charge in [-0.05, 0) is 25.0 Å². The fourth-order valence-electron chi connectivity index (χ4n) is 2.52. The number of aliphatic hydroxyl groups excluding tert-OH is 1. The third-order valence-electron chi connectivity index (χ3n) is 4.11. The Morgan fingerprint density at radius 2 is 1.97 bits per heavy atom. The second kappa shape index (κ2) is 20.1. The summed E-state index contributed by atoms with van der Waals surface area (Å²) in [5.41, 5.74) is 7.58. The molecule has 0 unspecified atom stereocenters. The van der Waals surface area contributed by atoms with E-state index in [1.54, 1.807) is 6.20 Å². The minimum Gasteiger partial charge on any atom is -0.650 e. The fraction of sp³-hybridized carbons (Fsp3) is 0.435. The van der Waals surface area contributed by atoms with Crippen molar-refractivity contribution < 1.29 is 61.3 Å². The van der Waals surface area contributed by atoms with Gasteiger partial charge in [0.2, 0.25) is 0 Å². The van der Waals surface area contributed by atoms with E-state index in [4.69, 9.17) is 5.73 Å². The van der Waals surface area contributed by atoms with E-state index >= 15 is 0 Å². The summed E-state index contributed by atoms with van der Waals surface area (Å²) in [6.45, 7) is 11.7. The van der Waals surface area contributed by atoms with E-state index in [0.29, 0.717) is 24.5 Å². The first-order valence-corrected chi connectivity index (χ1v) is 10.7. The summed E-state index contributed by atoms with van der Waals surface area (Å²) in [5, 5.41) is 13.0. The summed E-state index contributed by atoms with van der Waals surface area (Å²) in [7, 11) is 1.44. The van der Waals surface area contributed by atoms with Crippen LogP contribution < -0.4 is 57.1 Å². The van der Waals surface area contributed by atoms with Crippen LogP contribution in [0.3, 0.4) is 0 Å². The van der Waals surface area contributed by atoms with Crippen LogP contribution in [0.2, 0.25) is 0 Å². The molecular formula is C23H37KN4O2S. The Balaban J connectivity index is 0. The molecule has 1 saturated heterocycles. The van der Waals surface area contributed by atoms with Gasteiger partial charge >= 0.3 is 51.4 Å². The Morgan fingerprint density at radius 3 is 2.35 bits per heavy atom. The number of aliphatic hydroxyl groups is 1. The third kappa shape index (κ3) is 13.5. The first-order chi connectivity index (χ1) is 14.4. The Kier molecular flexibility index (Phi) is 21.1. The van der Waals surface area contributed by atoms with Crippen molar-refractivity contribution in [3.8, 4) is 0 Å². The van der Waals surface area contributed by atoms with Gasteiger partial charge in [-0.2, -0.15) is 0 Å². The summed E-state index contributed by atoms with van der Waals surface area (Å²) < 4.78 is 0. The van der Waals surface area contributed by atoms with E-state index in [-0.39, 0.29) is 63.4 Å². The molecule has 0 aliphatic carbocycles. The van der Waals surface area contributed by atoms with Gasteiger partial charge in [-0.15, -0.1) is 26.3 Å². The number of H-pyrrole nitrogens is 1. The SMILES string of the molecule is C=CCC.CC.C[N-]C(=O)c1[nH]cc(CN2CC[C@H](O)C2)c1N.Sc1ccccc1.[K+]. The van der Waals surface area contributed by atoms with Gasteiger partial charge in [0.15, 0.2) is 0 Å². The average Bonchev–Trinajstić information content (AvgIpc) is 3.35. The number of nitrogens with zero attached hydrogens (tertiary/aromatic N) is 2. The minimum atomic E-state index is -0.338. The van der Waals surface area contributed by atoms with Gasteiger partial charge in [0.1, 0.15) is 5.91 Å². The van der Waals surface area contributed by atoms with Gasteiger partial charge in [-0.1, -0.05) is 45.0 Å². The average molecular weight is 473 g/mol. The van der Waals surface area contributed by atoms with Gasteiger partial charge in [0, 0.05) is 36.3 Å². The molecule has 1 aliphatic rings. The van der Waals surface area contributed by atoms with Crippen LogP contribution in [0.1, 0.15) is 49.7 Å². The van der Waals surface area contributed by atoms with E-state index in [2.05, 4.69) is 41.3 Å². The van der Waals surface area contributed by atoms with E-state index in [9.17, 15) is 9.90 Å². The maximum Gasteiger partial charge on any atom is 1.00 e. The molecule has 1 aromatic heterocycles. The molecule has 168 valence electrons. The van der Waals surface area contributed by atoms with Crippen LogP contribution in [0.5, 0.6) is 0 Å². The number of anilines is 1. The number of β-amino-alcohol motifs (C(OH)–C–C–N with tert-alkyl or cyclic N) is 1. The molecule has 3 rings (SSSR count). The Labute approximate surface area is 235 Å². The number of carbonyl (C=O) groups excluding carboxylic acids is 1. The minimum absolute atomic E-state index is 0. The molecule has 0 radical (unpaired) electrons. The zero-order valence-electron chi connectivity index (χ0n) is 19.6. The van der Waals surface area contributed by atoms with Crippen LogP contribution in [0, 0.1) is 0 Å². The normalized spacial score (nSPS) is 14.3. The molecule has 1 amide bonds. The number of thiol groups is 1. The number of carbonyl (C=O) groups is 1. The molecule has 31 heavy (non-hydrogen) atoms. The first-order valence-electron chi connectivity index (χ1n) is 10.3. The van der Waals surface area contributed by atoms with Crippen molar-refractivity contribution in [2.75, 3.05) is 25.9 Å². The van der Waals surface area contributed by atoms with Crippen LogP contribution >= 0.6 is 12.6 Å². The molecule has 0 spiro atoms. The van der Waals surface area contributed by atoms with Gasteiger partial charge in [0.05, 0.1) is 17.5 Å². The molecule has 0 saturated carbocycles. The van der Waals surface area contributed by atoms with E-state index in [1.807, 2.05) is 50.3 Å². The second-order valence-corrected chi connectivity index (χ2v) is 6.86. The molecule has 4 N–H and O–H groups in total. The molecule has 1 atom stereocenters. The maximum atomic E-state index is 11.4. The van der Waals surface area contributed by atoms with Gasteiger partial charge in [-0.3, -0.25) is 4.90 Å². The molecule has 2 aromatic rings. The van der Waals surface area contributed by atoms with Crippen LogP contribution in [0.25, 0.3) is 5.32 Å². The smallest absolute Gasteiger partial charge is 0.650 e. The van der Waals surface area contributed by atoms with Crippen molar-refractivity contribution >= 4 is 24.2 Å². The topological polar surface area (TPSA) is 96.5 Å². The molecule has 8 heteroatoms. The number of likely N-dealkylation sites (tertiary alicyclic amines) is 1. The number of amides is 1. The Morgan fingerprint density at radius 1 is 1.39 bits per heavy atom. The molecule has 6 nitrogen and oxygen atoms in total. The molecule has 1 aromatic carbocycles.